The van der Waals surface area contributed by atoms with Crippen molar-refractivity contribution in [3.05, 3.63) is 46.8 Å². The number of carboxylic acids is 1. The lowest BCUT2D eigenvalue weighted by Crippen LogP contribution is -2.40. The number of benzene rings is 1. The van der Waals surface area contributed by atoms with E-state index < -0.39 is 5.97 Å². The number of carbonyl (C=O) groups excluding carboxylic acids is 1. The van der Waals surface area contributed by atoms with Crippen molar-refractivity contribution in [1.29, 1.82) is 0 Å². The number of fused-ring (bicyclic) bond motifs is 1. The van der Waals surface area contributed by atoms with Crippen molar-refractivity contribution in [1.82, 2.24) is 14.7 Å². The van der Waals surface area contributed by atoms with Gasteiger partial charge in [-0.25, -0.2) is 4.68 Å². The molecule has 1 unspecified atom stereocenters. The van der Waals surface area contributed by atoms with Crippen molar-refractivity contribution in [2.45, 2.75) is 45.4 Å². The van der Waals surface area contributed by atoms with Crippen LogP contribution in [0.25, 0.3) is 5.69 Å². The first-order valence-electron chi connectivity index (χ1n) is 10.2. The molecular weight excluding hydrogens is 354 g/mol. The Morgan fingerprint density at radius 1 is 1.14 bits per heavy atom. The Morgan fingerprint density at radius 3 is 2.50 bits per heavy atom. The van der Waals surface area contributed by atoms with Gasteiger partial charge in [-0.1, -0.05) is 17.7 Å². The van der Waals surface area contributed by atoms with Gasteiger partial charge in [0.25, 0.3) is 5.91 Å². The van der Waals surface area contributed by atoms with Crippen LogP contribution in [0.3, 0.4) is 0 Å². The molecule has 1 saturated heterocycles. The van der Waals surface area contributed by atoms with Crippen LogP contribution in [0.1, 0.15) is 53.0 Å². The molecule has 0 bridgehead atoms. The Hall–Kier alpha value is -2.63. The highest BCUT2D eigenvalue weighted by molar-refractivity contribution is 5.94. The molecule has 146 valence electrons. The minimum atomic E-state index is -0.686. The van der Waals surface area contributed by atoms with Gasteiger partial charge in [-0.15, -0.1) is 0 Å². The van der Waals surface area contributed by atoms with Gasteiger partial charge in [0, 0.05) is 24.3 Å². The molecule has 2 heterocycles. The van der Waals surface area contributed by atoms with E-state index >= 15 is 0 Å². The van der Waals surface area contributed by atoms with E-state index in [4.69, 9.17) is 5.10 Å². The predicted octanol–water partition coefficient (Wildman–Crippen LogP) is 3.00. The number of aryl methyl sites for hydroxylation is 1. The van der Waals surface area contributed by atoms with E-state index in [-0.39, 0.29) is 17.2 Å². The van der Waals surface area contributed by atoms with Crippen molar-refractivity contribution >= 4 is 11.9 Å². The number of carbonyl (C=O) groups is 2. The number of likely N-dealkylation sites (tertiary alicyclic amines) is 1. The molecule has 5 rings (SSSR count). The molecule has 1 spiro atoms. The van der Waals surface area contributed by atoms with Crippen molar-refractivity contribution in [2.75, 3.05) is 13.1 Å². The van der Waals surface area contributed by atoms with Crippen LogP contribution in [0.5, 0.6) is 0 Å². The average Bonchev–Trinajstić information content (AvgIpc) is 3.02. The lowest BCUT2D eigenvalue weighted by Gasteiger charge is -2.32. The second-order valence-electron chi connectivity index (χ2n) is 8.62. The van der Waals surface area contributed by atoms with Gasteiger partial charge in [0.2, 0.25) is 0 Å². The molecule has 1 aliphatic heterocycles. The standard InChI is InChI=1S/C22H25N3O3/c1-14-5-7-15(8-6-14)25-18-4-2-3-16(18)19(23-25)20(26)24-11-9-22(10-12-24)13-17(22)21(27)28/h5-8,17H,2-4,9-13H2,1H3,(H,27,28). The van der Waals surface area contributed by atoms with E-state index in [1.165, 1.54) is 5.56 Å². The molecule has 3 aliphatic rings. The molecule has 1 amide bonds. The first-order valence-corrected chi connectivity index (χ1v) is 10.2. The largest absolute Gasteiger partial charge is 0.481 e. The number of hydrogen-bond acceptors (Lipinski definition) is 3. The van der Waals surface area contributed by atoms with Gasteiger partial charge >= 0.3 is 5.97 Å². The molecule has 28 heavy (non-hydrogen) atoms. The zero-order chi connectivity index (χ0) is 19.5. The number of amides is 1. The topological polar surface area (TPSA) is 75.4 Å². The molecular formula is C22H25N3O3. The fourth-order valence-corrected chi connectivity index (χ4v) is 5.06. The highest BCUT2D eigenvalue weighted by atomic mass is 16.4. The quantitative estimate of drug-likeness (QED) is 0.890. The summed E-state index contributed by atoms with van der Waals surface area (Å²) in [5, 5.41) is 14.0. The number of aliphatic carboxylic acids is 1. The first-order chi connectivity index (χ1) is 13.5. The summed E-state index contributed by atoms with van der Waals surface area (Å²) in [5.74, 6) is -0.893. The number of hydrogen-bond donors (Lipinski definition) is 1. The van der Waals surface area contributed by atoms with Gasteiger partial charge in [-0.3, -0.25) is 9.59 Å². The minimum absolute atomic E-state index is 0.00591. The second-order valence-corrected chi connectivity index (χ2v) is 8.62. The maximum absolute atomic E-state index is 13.2. The molecule has 2 fully saturated rings. The first kappa shape index (κ1) is 17.5. The molecule has 6 nitrogen and oxygen atoms in total. The number of nitrogens with zero attached hydrogens (tertiary/aromatic N) is 3. The van der Waals surface area contributed by atoms with Crippen molar-refractivity contribution in [2.24, 2.45) is 11.3 Å². The van der Waals surface area contributed by atoms with E-state index in [0.29, 0.717) is 18.8 Å². The van der Waals surface area contributed by atoms with Crippen LogP contribution in [0.4, 0.5) is 0 Å². The molecule has 0 radical (unpaired) electrons. The predicted molar refractivity (Wildman–Crippen MR) is 104 cm³/mol. The van der Waals surface area contributed by atoms with Crippen molar-refractivity contribution in [3.63, 3.8) is 0 Å². The Morgan fingerprint density at radius 2 is 1.86 bits per heavy atom. The van der Waals surface area contributed by atoms with Crippen LogP contribution >= 0.6 is 0 Å². The Kier molecular flexibility index (Phi) is 3.86. The highest BCUT2D eigenvalue weighted by Crippen LogP contribution is 2.59. The Labute approximate surface area is 164 Å². The van der Waals surface area contributed by atoms with E-state index in [0.717, 1.165) is 55.5 Å². The van der Waals surface area contributed by atoms with Crippen LogP contribution in [-0.2, 0) is 17.6 Å². The Bertz CT molecular complexity index is 952. The number of rotatable bonds is 3. The summed E-state index contributed by atoms with van der Waals surface area (Å²) in [6.07, 6.45) is 5.26. The number of piperidine rings is 1. The lowest BCUT2D eigenvalue weighted by atomic mass is 9.90. The maximum atomic E-state index is 13.2. The van der Waals surface area contributed by atoms with Gasteiger partial charge in [0.15, 0.2) is 5.69 Å². The molecule has 2 aliphatic carbocycles. The fraction of sp³-hybridized carbons (Fsp3) is 0.500. The van der Waals surface area contributed by atoms with Crippen LogP contribution in [0.15, 0.2) is 24.3 Å². The summed E-state index contributed by atoms with van der Waals surface area (Å²) < 4.78 is 1.95. The van der Waals surface area contributed by atoms with Crippen molar-refractivity contribution in [3.8, 4) is 5.69 Å². The third-order valence-corrected chi connectivity index (χ3v) is 6.95. The summed E-state index contributed by atoms with van der Waals surface area (Å²) in [7, 11) is 0. The third-order valence-electron chi connectivity index (χ3n) is 6.95. The molecule has 1 atom stereocenters. The third kappa shape index (κ3) is 2.65. The van der Waals surface area contributed by atoms with E-state index in [9.17, 15) is 14.7 Å². The van der Waals surface area contributed by atoms with Gasteiger partial charge in [-0.2, -0.15) is 5.10 Å². The normalized spacial score (nSPS) is 22.3. The van der Waals surface area contributed by atoms with Crippen LogP contribution in [0, 0.1) is 18.3 Å². The number of aromatic nitrogens is 2. The molecule has 2 aromatic rings. The van der Waals surface area contributed by atoms with E-state index in [2.05, 4.69) is 31.2 Å². The summed E-state index contributed by atoms with van der Waals surface area (Å²) in [6.45, 7) is 3.33. The van der Waals surface area contributed by atoms with Gasteiger partial charge in [0.1, 0.15) is 0 Å². The molecule has 1 N–H and O–H groups in total. The summed E-state index contributed by atoms with van der Waals surface area (Å²) in [6, 6.07) is 8.24. The van der Waals surface area contributed by atoms with Gasteiger partial charge in [0.05, 0.1) is 11.6 Å². The maximum Gasteiger partial charge on any atom is 0.307 e. The van der Waals surface area contributed by atoms with E-state index in [1.54, 1.807) is 0 Å². The van der Waals surface area contributed by atoms with Crippen LogP contribution < -0.4 is 0 Å². The van der Waals surface area contributed by atoms with Gasteiger partial charge in [-0.05, 0) is 63.0 Å². The average molecular weight is 379 g/mol. The highest BCUT2D eigenvalue weighted by Gasteiger charge is 2.59. The van der Waals surface area contributed by atoms with Crippen molar-refractivity contribution < 1.29 is 14.7 Å². The SMILES string of the molecule is Cc1ccc(-n2nc(C(=O)N3CCC4(CC3)CC4C(=O)O)c3c2CCC3)cc1. The lowest BCUT2D eigenvalue weighted by molar-refractivity contribution is -0.139. The molecule has 1 aromatic carbocycles. The smallest absolute Gasteiger partial charge is 0.307 e. The Balaban J connectivity index is 1.38. The second kappa shape index (κ2) is 6.19. The zero-order valence-electron chi connectivity index (χ0n) is 16.1. The molecule has 1 aromatic heterocycles. The summed E-state index contributed by atoms with van der Waals surface area (Å²) >= 11 is 0. The number of carboxylic acid groups (broad SMARTS) is 1. The van der Waals surface area contributed by atoms with Crippen LogP contribution in [-0.4, -0.2) is 44.8 Å². The fourth-order valence-electron chi connectivity index (χ4n) is 5.06. The summed E-state index contributed by atoms with van der Waals surface area (Å²) in [4.78, 5) is 26.4. The molecule has 6 heteroatoms. The molecule has 1 saturated carbocycles. The zero-order valence-corrected chi connectivity index (χ0v) is 16.1. The summed E-state index contributed by atoms with van der Waals surface area (Å²) in [5.41, 5.74) is 4.99. The van der Waals surface area contributed by atoms with Gasteiger partial charge < -0.3 is 10.0 Å². The van der Waals surface area contributed by atoms with Crippen LogP contribution in [0.2, 0.25) is 0 Å². The minimum Gasteiger partial charge on any atom is -0.481 e. The monoisotopic (exact) mass is 379 g/mol. The van der Waals surface area contributed by atoms with E-state index in [1.807, 2.05) is 9.58 Å².